The highest BCUT2D eigenvalue weighted by Crippen LogP contribution is 2.45. The molecule has 0 aliphatic carbocycles. The SMILES string of the molecule is CCC1c2cc3[nH]c4c(c5nc(cc6nc(cc([nH]2)C1C)C(C(C)=O)=C6C)C(C)C5CCC(=O)OC)C(=O)OC(=O)c4c3C. The number of rotatable bonds is 5. The summed E-state index contributed by atoms with van der Waals surface area (Å²) in [5, 5.41) is 0. The number of aromatic amines is 2. The van der Waals surface area contributed by atoms with Gasteiger partial charge in [0.1, 0.15) is 5.56 Å². The molecular formula is C34H36N4O6. The van der Waals surface area contributed by atoms with E-state index in [0.717, 1.165) is 23.4 Å². The highest BCUT2D eigenvalue weighted by Gasteiger charge is 2.39. The zero-order valence-corrected chi connectivity index (χ0v) is 26.0. The van der Waals surface area contributed by atoms with Crippen molar-refractivity contribution in [1.29, 1.82) is 0 Å². The molecular weight excluding hydrogens is 560 g/mol. The normalized spacial score (nSPS) is 21.7. The fraction of sp³-hybridized carbons (Fsp3) is 0.412. The maximum Gasteiger partial charge on any atom is 0.350 e. The van der Waals surface area contributed by atoms with E-state index in [2.05, 4.69) is 23.8 Å². The molecule has 228 valence electrons. The van der Waals surface area contributed by atoms with Gasteiger partial charge in [0.25, 0.3) is 0 Å². The molecule has 0 radical (unpaired) electrons. The molecule has 0 saturated carbocycles. The van der Waals surface area contributed by atoms with Crippen LogP contribution in [0.15, 0.2) is 18.2 Å². The summed E-state index contributed by atoms with van der Waals surface area (Å²) in [5.41, 5.74) is 7.72. The van der Waals surface area contributed by atoms with Gasteiger partial charge in [-0.2, -0.15) is 0 Å². The molecule has 4 aliphatic rings. The summed E-state index contributed by atoms with van der Waals surface area (Å²) in [6, 6.07) is 5.81. The van der Waals surface area contributed by atoms with Crippen LogP contribution in [0.25, 0.3) is 22.2 Å². The fourth-order valence-electron chi connectivity index (χ4n) is 7.12. The number of nitrogens with zero attached hydrogens (tertiary/aromatic N) is 2. The summed E-state index contributed by atoms with van der Waals surface area (Å²) < 4.78 is 10.2. The lowest BCUT2D eigenvalue weighted by molar-refractivity contribution is -0.140. The number of fused-ring (bicyclic) bond motifs is 8. The number of ketones is 1. The number of hydrogen-bond donors (Lipinski definition) is 2. The number of cyclic esters (lactones) is 2. The topological polar surface area (TPSA) is 144 Å². The first-order valence-electron chi connectivity index (χ1n) is 15.1. The van der Waals surface area contributed by atoms with Crippen molar-refractivity contribution in [1.82, 2.24) is 19.9 Å². The van der Waals surface area contributed by atoms with Gasteiger partial charge in [-0.05, 0) is 62.9 Å². The van der Waals surface area contributed by atoms with Gasteiger partial charge in [-0.15, -0.1) is 0 Å². The number of ether oxygens (including phenoxy) is 2. The van der Waals surface area contributed by atoms with Crippen LogP contribution >= 0.6 is 0 Å². The van der Waals surface area contributed by atoms with E-state index < -0.39 is 11.9 Å². The van der Waals surface area contributed by atoms with Crippen LogP contribution in [0.5, 0.6) is 0 Å². The zero-order valence-electron chi connectivity index (χ0n) is 26.0. The first-order valence-corrected chi connectivity index (χ1v) is 15.1. The van der Waals surface area contributed by atoms with E-state index in [0.29, 0.717) is 56.9 Å². The van der Waals surface area contributed by atoms with Gasteiger partial charge < -0.3 is 19.4 Å². The molecule has 10 heteroatoms. The van der Waals surface area contributed by atoms with E-state index >= 15 is 0 Å². The van der Waals surface area contributed by atoms with Crippen molar-refractivity contribution in [3.05, 3.63) is 69.1 Å². The molecule has 6 rings (SSSR count). The van der Waals surface area contributed by atoms with Crippen LogP contribution in [0.2, 0.25) is 0 Å². The Kier molecular flexibility index (Phi) is 7.26. The van der Waals surface area contributed by atoms with E-state index in [9.17, 15) is 19.2 Å². The smallest absolute Gasteiger partial charge is 0.350 e. The number of nitrogens with one attached hydrogen (secondary N) is 2. The average Bonchev–Trinajstić information content (AvgIpc) is 3.65. The monoisotopic (exact) mass is 596 g/mol. The summed E-state index contributed by atoms with van der Waals surface area (Å²) in [4.78, 5) is 68.5. The van der Waals surface area contributed by atoms with E-state index in [1.165, 1.54) is 7.11 Å². The standard InChI is InChI=1S/C34H36N4O6/c1-8-19-14(2)21-13-26-28(18(6)39)16(4)23(36-26)11-22-15(3)20(9-10-27(40)43-7)31(37-22)30-32-29(33(41)44-34(30)42)17(5)24(38-32)12-25(19)35-21/h11-15,19-20,35,38H,8-10H2,1-7H3. The van der Waals surface area contributed by atoms with Crippen molar-refractivity contribution in [3.8, 4) is 0 Å². The van der Waals surface area contributed by atoms with Crippen molar-refractivity contribution in [3.63, 3.8) is 0 Å². The molecule has 0 saturated heterocycles. The summed E-state index contributed by atoms with van der Waals surface area (Å²) >= 11 is 0. The molecule has 8 bridgehead atoms. The van der Waals surface area contributed by atoms with Crippen LogP contribution in [0.1, 0.15) is 138 Å². The van der Waals surface area contributed by atoms with Gasteiger partial charge >= 0.3 is 17.9 Å². The van der Waals surface area contributed by atoms with Crippen LogP contribution in [0.4, 0.5) is 0 Å². The van der Waals surface area contributed by atoms with Gasteiger partial charge in [-0.25, -0.2) is 14.6 Å². The molecule has 10 nitrogen and oxygen atoms in total. The number of allylic oxidation sites excluding steroid dienone is 2. The Morgan fingerprint density at radius 2 is 1.66 bits per heavy atom. The van der Waals surface area contributed by atoms with Crippen molar-refractivity contribution < 1.29 is 28.7 Å². The Bertz CT molecular complexity index is 1880. The Labute approximate surface area is 255 Å². The molecule has 0 amide bonds. The van der Waals surface area contributed by atoms with E-state index in [1.54, 1.807) is 6.92 Å². The maximum atomic E-state index is 13.5. The maximum absolute atomic E-state index is 13.5. The van der Waals surface area contributed by atoms with Crippen LogP contribution in [0.3, 0.4) is 0 Å². The second-order valence-corrected chi connectivity index (χ2v) is 12.1. The molecule has 6 heterocycles. The third kappa shape index (κ3) is 4.55. The van der Waals surface area contributed by atoms with E-state index in [1.807, 2.05) is 39.0 Å². The largest absolute Gasteiger partial charge is 0.469 e. The lowest BCUT2D eigenvalue weighted by atomic mass is 9.85. The number of carbonyl (C=O) groups is 4. The average molecular weight is 597 g/mol. The Balaban J connectivity index is 1.76. The first kappa shape index (κ1) is 29.5. The minimum absolute atomic E-state index is 0.0792. The van der Waals surface area contributed by atoms with Crippen molar-refractivity contribution in [2.24, 2.45) is 0 Å². The molecule has 2 aromatic heterocycles. The van der Waals surface area contributed by atoms with E-state index in [4.69, 9.17) is 19.4 Å². The number of H-pyrrole nitrogens is 2. The molecule has 2 N–H and O–H groups in total. The second-order valence-electron chi connectivity index (χ2n) is 12.1. The van der Waals surface area contributed by atoms with Gasteiger partial charge in [0.2, 0.25) is 0 Å². The Morgan fingerprint density at radius 1 is 0.932 bits per heavy atom. The minimum Gasteiger partial charge on any atom is -0.469 e. The van der Waals surface area contributed by atoms with Crippen molar-refractivity contribution in [2.75, 3.05) is 7.11 Å². The Hall–Kier alpha value is -4.60. The van der Waals surface area contributed by atoms with Crippen LogP contribution in [-0.4, -0.2) is 50.7 Å². The summed E-state index contributed by atoms with van der Waals surface area (Å²) in [5.74, 6) is -2.24. The van der Waals surface area contributed by atoms with Crippen LogP contribution < -0.4 is 0 Å². The highest BCUT2D eigenvalue weighted by molar-refractivity contribution is 6.27. The molecule has 0 spiro atoms. The van der Waals surface area contributed by atoms with Crippen LogP contribution in [0, 0.1) is 6.92 Å². The predicted molar refractivity (Wildman–Crippen MR) is 164 cm³/mol. The second kappa shape index (κ2) is 10.8. The molecule has 4 aliphatic heterocycles. The van der Waals surface area contributed by atoms with Crippen LogP contribution in [-0.2, 0) is 19.1 Å². The third-order valence-electron chi connectivity index (χ3n) is 9.65. The molecule has 0 aromatic carbocycles. The lowest BCUT2D eigenvalue weighted by Gasteiger charge is -2.18. The summed E-state index contributed by atoms with van der Waals surface area (Å²) in [7, 11) is 1.34. The van der Waals surface area contributed by atoms with Crippen molar-refractivity contribution >= 4 is 45.9 Å². The predicted octanol–water partition coefficient (Wildman–Crippen LogP) is 6.31. The number of aryl methyl sites for hydroxylation is 1. The molecule has 2 aromatic rings. The number of aromatic nitrogens is 4. The quantitative estimate of drug-likeness (QED) is 0.302. The summed E-state index contributed by atoms with van der Waals surface area (Å²) in [6.07, 6.45) is 1.34. The van der Waals surface area contributed by atoms with Gasteiger partial charge in [0.05, 0.1) is 35.3 Å². The number of hydrogen-bond acceptors (Lipinski definition) is 8. The van der Waals surface area contributed by atoms with Gasteiger partial charge in [-0.3, -0.25) is 14.6 Å². The first-order chi connectivity index (χ1) is 20.9. The molecule has 4 unspecified atom stereocenters. The molecule has 4 atom stereocenters. The molecule has 44 heavy (non-hydrogen) atoms. The van der Waals surface area contributed by atoms with E-state index in [-0.39, 0.29) is 47.4 Å². The zero-order chi connectivity index (χ0) is 31.6. The van der Waals surface area contributed by atoms with Crippen molar-refractivity contribution in [2.45, 2.75) is 84.5 Å². The lowest BCUT2D eigenvalue weighted by Crippen LogP contribution is -2.21. The number of carbonyl (C=O) groups excluding carboxylic acids is 4. The Morgan fingerprint density at radius 3 is 2.34 bits per heavy atom. The fourth-order valence-corrected chi connectivity index (χ4v) is 7.12. The number of methoxy groups -OCH3 is 1. The van der Waals surface area contributed by atoms with Gasteiger partial charge in [0.15, 0.2) is 5.78 Å². The number of esters is 3. The molecule has 0 fully saturated rings. The third-order valence-corrected chi connectivity index (χ3v) is 9.65. The highest BCUT2D eigenvalue weighted by atomic mass is 16.6. The van der Waals surface area contributed by atoms with Gasteiger partial charge in [0, 0.05) is 58.3 Å². The summed E-state index contributed by atoms with van der Waals surface area (Å²) in [6.45, 7) is 11.5. The number of Topliss-reactive ketones (excluding diaryl/α,β-unsaturated/α-hetero) is 1. The minimum atomic E-state index is -0.785. The van der Waals surface area contributed by atoms with Gasteiger partial charge in [-0.1, -0.05) is 20.8 Å².